The predicted molar refractivity (Wildman–Crippen MR) is 101 cm³/mol. The number of carbonyl (C=O) groups is 1. The highest BCUT2D eigenvalue weighted by Gasteiger charge is 2.06. The van der Waals surface area contributed by atoms with Crippen LogP contribution in [0, 0.1) is 11.3 Å². The summed E-state index contributed by atoms with van der Waals surface area (Å²) in [4.78, 5) is 16.4. The zero-order chi connectivity index (χ0) is 17.6. The van der Waals surface area contributed by atoms with Crippen molar-refractivity contribution in [3.63, 3.8) is 0 Å². The van der Waals surface area contributed by atoms with Gasteiger partial charge < -0.3 is 10.6 Å². The van der Waals surface area contributed by atoms with Gasteiger partial charge in [-0.1, -0.05) is 22.0 Å². The Labute approximate surface area is 153 Å². The predicted octanol–water partition coefficient (Wildman–Crippen LogP) is 4.71. The van der Waals surface area contributed by atoms with Crippen LogP contribution in [-0.4, -0.2) is 10.9 Å². The zero-order valence-electron chi connectivity index (χ0n) is 13.0. The van der Waals surface area contributed by atoms with Crippen molar-refractivity contribution in [1.82, 2.24) is 4.98 Å². The molecular formula is C19H13BrN4O. The number of nitrogens with zero attached hydrogens (tertiary/aromatic N) is 2. The summed E-state index contributed by atoms with van der Waals surface area (Å²) in [6, 6.07) is 19.9. The maximum absolute atomic E-state index is 12.2. The molecule has 0 bridgehead atoms. The number of amides is 1. The van der Waals surface area contributed by atoms with Crippen LogP contribution in [0.1, 0.15) is 15.9 Å². The molecule has 0 aliphatic carbocycles. The molecule has 0 aliphatic rings. The number of pyridine rings is 1. The number of benzene rings is 2. The summed E-state index contributed by atoms with van der Waals surface area (Å²) in [7, 11) is 0. The smallest absolute Gasteiger partial charge is 0.256 e. The minimum Gasteiger partial charge on any atom is -0.354 e. The molecule has 0 spiro atoms. The van der Waals surface area contributed by atoms with Crippen molar-refractivity contribution >= 4 is 39.0 Å². The molecule has 0 unspecified atom stereocenters. The first-order valence-corrected chi connectivity index (χ1v) is 8.23. The molecule has 0 radical (unpaired) electrons. The first kappa shape index (κ1) is 16.7. The molecule has 0 saturated carbocycles. The Morgan fingerprint density at radius 2 is 1.84 bits per heavy atom. The molecule has 1 heterocycles. The van der Waals surface area contributed by atoms with Crippen LogP contribution in [0.15, 0.2) is 71.3 Å². The van der Waals surface area contributed by atoms with Crippen molar-refractivity contribution in [2.24, 2.45) is 0 Å². The van der Waals surface area contributed by atoms with Crippen molar-refractivity contribution in [2.75, 3.05) is 10.6 Å². The van der Waals surface area contributed by atoms with E-state index in [0.29, 0.717) is 16.9 Å². The number of nitrogens with one attached hydrogen (secondary N) is 2. The highest BCUT2D eigenvalue weighted by molar-refractivity contribution is 9.10. The third kappa shape index (κ3) is 4.43. The van der Waals surface area contributed by atoms with E-state index in [9.17, 15) is 4.79 Å². The van der Waals surface area contributed by atoms with Gasteiger partial charge in [0.1, 0.15) is 5.82 Å². The molecule has 0 saturated heterocycles. The lowest BCUT2D eigenvalue weighted by molar-refractivity contribution is 0.102. The van der Waals surface area contributed by atoms with Gasteiger partial charge in [-0.25, -0.2) is 4.98 Å². The van der Waals surface area contributed by atoms with Crippen LogP contribution in [0.5, 0.6) is 0 Å². The molecule has 1 amide bonds. The number of hydrogen-bond acceptors (Lipinski definition) is 4. The van der Waals surface area contributed by atoms with Crippen molar-refractivity contribution in [2.45, 2.75) is 0 Å². The molecular weight excluding hydrogens is 380 g/mol. The topological polar surface area (TPSA) is 77.8 Å². The second-order valence-corrected chi connectivity index (χ2v) is 6.13. The van der Waals surface area contributed by atoms with Gasteiger partial charge in [-0.05, 0) is 54.6 Å². The summed E-state index contributed by atoms with van der Waals surface area (Å²) >= 11 is 3.34. The Balaban J connectivity index is 1.66. The Hall–Kier alpha value is -3.17. The number of anilines is 3. The summed E-state index contributed by atoms with van der Waals surface area (Å²) in [5, 5.41) is 14.8. The fraction of sp³-hybridized carbons (Fsp3) is 0. The molecule has 6 heteroatoms. The summed E-state index contributed by atoms with van der Waals surface area (Å²) in [5.41, 5.74) is 2.70. The molecule has 0 atom stereocenters. The van der Waals surface area contributed by atoms with E-state index in [1.54, 1.807) is 42.6 Å². The van der Waals surface area contributed by atoms with Crippen LogP contribution in [0.25, 0.3) is 0 Å². The molecule has 3 aromatic rings. The van der Waals surface area contributed by atoms with Crippen LogP contribution in [-0.2, 0) is 0 Å². The quantitative estimate of drug-likeness (QED) is 0.673. The van der Waals surface area contributed by atoms with Crippen LogP contribution in [0.2, 0.25) is 0 Å². The average Bonchev–Trinajstić information content (AvgIpc) is 2.64. The Bertz CT molecular complexity index is 931. The van der Waals surface area contributed by atoms with E-state index in [0.717, 1.165) is 15.8 Å². The van der Waals surface area contributed by atoms with E-state index in [2.05, 4.69) is 37.6 Å². The van der Waals surface area contributed by atoms with E-state index >= 15 is 0 Å². The molecule has 25 heavy (non-hydrogen) atoms. The molecule has 2 aromatic carbocycles. The molecule has 3 rings (SSSR count). The lowest BCUT2D eigenvalue weighted by Crippen LogP contribution is -2.12. The van der Waals surface area contributed by atoms with Gasteiger partial charge in [0, 0.05) is 15.7 Å². The van der Waals surface area contributed by atoms with Crippen LogP contribution in [0.4, 0.5) is 17.2 Å². The molecule has 122 valence electrons. The number of nitriles is 1. The van der Waals surface area contributed by atoms with Gasteiger partial charge in [-0.3, -0.25) is 4.79 Å². The SMILES string of the molecule is N#Cc1cccc(Nc2ccc(NC(=O)c3ccc(Br)cc3)nc2)c1. The largest absolute Gasteiger partial charge is 0.354 e. The van der Waals surface area contributed by atoms with E-state index < -0.39 is 0 Å². The second-order valence-electron chi connectivity index (χ2n) is 5.21. The maximum Gasteiger partial charge on any atom is 0.256 e. The summed E-state index contributed by atoms with van der Waals surface area (Å²) in [6.07, 6.45) is 1.62. The minimum absolute atomic E-state index is 0.220. The normalized spacial score (nSPS) is 9.92. The fourth-order valence-electron chi connectivity index (χ4n) is 2.16. The average molecular weight is 393 g/mol. The van der Waals surface area contributed by atoms with E-state index in [-0.39, 0.29) is 5.91 Å². The van der Waals surface area contributed by atoms with Crippen LogP contribution >= 0.6 is 15.9 Å². The minimum atomic E-state index is -0.220. The van der Waals surface area contributed by atoms with Gasteiger partial charge in [-0.15, -0.1) is 0 Å². The summed E-state index contributed by atoms with van der Waals surface area (Å²) < 4.78 is 0.915. The zero-order valence-corrected chi connectivity index (χ0v) is 14.6. The fourth-order valence-corrected chi connectivity index (χ4v) is 2.43. The molecule has 0 aliphatic heterocycles. The van der Waals surface area contributed by atoms with E-state index in [1.165, 1.54) is 0 Å². The van der Waals surface area contributed by atoms with Crippen molar-refractivity contribution in [1.29, 1.82) is 5.26 Å². The van der Waals surface area contributed by atoms with Crippen molar-refractivity contribution < 1.29 is 4.79 Å². The Morgan fingerprint density at radius 3 is 2.52 bits per heavy atom. The molecule has 1 aromatic heterocycles. The summed E-state index contributed by atoms with van der Waals surface area (Å²) in [6.45, 7) is 0. The monoisotopic (exact) mass is 392 g/mol. The molecule has 0 fully saturated rings. The van der Waals surface area contributed by atoms with Crippen molar-refractivity contribution in [3.8, 4) is 6.07 Å². The van der Waals surface area contributed by atoms with Gasteiger partial charge >= 0.3 is 0 Å². The first-order chi connectivity index (χ1) is 12.1. The highest BCUT2D eigenvalue weighted by atomic mass is 79.9. The Morgan fingerprint density at radius 1 is 1.04 bits per heavy atom. The standard InChI is InChI=1S/C19H13BrN4O/c20-15-6-4-14(5-7-15)19(25)24-18-9-8-17(12-22-18)23-16-3-1-2-13(10-16)11-21/h1-10,12,23H,(H,22,24,25). The van der Waals surface area contributed by atoms with Gasteiger partial charge in [0.2, 0.25) is 0 Å². The lowest BCUT2D eigenvalue weighted by Gasteiger charge is -2.08. The Kier molecular flexibility index (Phi) is 5.07. The number of carbonyl (C=O) groups excluding carboxylic acids is 1. The summed E-state index contributed by atoms with van der Waals surface area (Å²) in [5.74, 6) is 0.242. The molecule has 5 nitrogen and oxygen atoms in total. The third-order valence-electron chi connectivity index (χ3n) is 3.39. The van der Waals surface area contributed by atoms with Crippen molar-refractivity contribution in [3.05, 3.63) is 82.5 Å². The highest BCUT2D eigenvalue weighted by Crippen LogP contribution is 2.18. The van der Waals surface area contributed by atoms with Crippen LogP contribution < -0.4 is 10.6 Å². The van der Waals surface area contributed by atoms with Gasteiger partial charge in [0.05, 0.1) is 23.5 Å². The number of hydrogen-bond donors (Lipinski definition) is 2. The van der Waals surface area contributed by atoms with Crippen LogP contribution in [0.3, 0.4) is 0 Å². The van der Waals surface area contributed by atoms with E-state index in [4.69, 9.17) is 5.26 Å². The first-order valence-electron chi connectivity index (χ1n) is 7.44. The van der Waals surface area contributed by atoms with Gasteiger partial charge in [0.15, 0.2) is 0 Å². The number of aromatic nitrogens is 1. The van der Waals surface area contributed by atoms with Gasteiger partial charge in [-0.2, -0.15) is 5.26 Å². The molecule has 2 N–H and O–H groups in total. The third-order valence-corrected chi connectivity index (χ3v) is 3.92. The van der Waals surface area contributed by atoms with Gasteiger partial charge in [0.25, 0.3) is 5.91 Å². The lowest BCUT2D eigenvalue weighted by atomic mass is 10.2. The second kappa shape index (κ2) is 7.60. The number of rotatable bonds is 4. The number of halogens is 1. The maximum atomic E-state index is 12.2. The van der Waals surface area contributed by atoms with E-state index in [1.807, 2.05) is 24.3 Å².